The lowest BCUT2D eigenvalue weighted by Crippen LogP contribution is -2.35. The van der Waals surface area contributed by atoms with E-state index in [1.54, 1.807) is 6.07 Å². The van der Waals surface area contributed by atoms with Crippen molar-refractivity contribution in [2.45, 2.75) is 6.92 Å². The first-order valence-electron chi connectivity index (χ1n) is 8.05. The van der Waals surface area contributed by atoms with E-state index >= 15 is 0 Å². The molecule has 0 unspecified atom stereocenters. The number of hydrogen-bond donors (Lipinski definition) is 1. The summed E-state index contributed by atoms with van der Waals surface area (Å²) in [5.74, 6) is -0.401. The largest absolute Gasteiger partial charge is 0.323 e. The summed E-state index contributed by atoms with van der Waals surface area (Å²) >= 11 is 6.95. The molecule has 0 fully saturated rings. The Labute approximate surface area is 167 Å². The van der Waals surface area contributed by atoms with Gasteiger partial charge in [0.2, 0.25) is 5.91 Å². The molecule has 3 aromatic carbocycles. The lowest BCUT2D eigenvalue weighted by Gasteiger charge is -2.18. The topological polar surface area (TPSA) is 49.4 Å². The molecule has 4 nitrogen and oxygen atoms in total. The van der Waals surface area contributed by atoms with Gasteiger partial charge in [-0.2, -0.15) is 0 Å². The number of carbonyl (C=O) groups is 2. The molecule has 2 amide bonds. The zero-order valence-electron chi connectivity index (χ0n) is 13.8. The molecule has 1 heterocycles. The number of nitrogens with zero attached hydrogens (tertiary/aromatic N) is 1. The van der Waals surface area contributed by atoms with E-state index in [0.717, 1.165) is 31.0 Å². The minimum absolute atomic E-state index is 0.0423. The number of halogens is 2. The molecular weight excluding hydrogens is 460 g/mol. The van der Waals surface area contributed by atoms with E-state index in [9.17, 15) is 9.59 Å². The van der Waals surface area contributed by atoms with Crippen LogP contribution in [-0.2, 0) is 4.79 Å². The summed E-state index contributed by atoms with van der Waals surface area (Å²) in [5, 5.41) is 4.79. The van der Waals surface area contributed by atoms with Crippen LogP contribution in [0, 0.1) is 6.92 Å². The Morgan fingerprint density at radius 3 is 2.42 bits per heavy atom. The van der Waals surface area contributed by atoms with Crippen LogP contribution >= 0.6 is 31.9 Å². The first kappa shape index (κ1) is 17.2. The van der Waals surface area contributed by atoms with Gasteiger partial charge in [-0.3, -0.25) is 14.5 Å². The van der Waals surface area contributed by atoms with Crippen molar-refractivity contribution < 1.29 is 9.59 Å². The molecule has 0 aliphatic carbocycles. The number of aryl methyl sites for hydroxylation is 1. The standard InChI is InChI=1S/C20H14Br2N2O2/c1-11-8-14(21)19(15(22)9-11)23-17(25)10-24-16-7-3-5-12-4-2-6-13(18(12)16)20(24)26/h2-9H,10H2,1H3,(H,23,25). The molecule has 1 aliphatic heterocycles. The molecule has 0 atom stereocenters. The smallest absolute Gasteiger partial charge is 0.259 e. The molecule has 0 saturated carbocycles. The van der Waals surface area contributed by atoms with Gasteiger partial charge >= 0.3 is 0 Å². The maximum Gasteiger partial charge on any atom is 0.259 e. The van der Waals surface area contributed by atoms with Crippen LogP contribution in [0.15, 0.2) is 57.5 Å². The second-order valence-corrected chi connectivity index (χ2v) is 7.93. The number of benzene rings is 3. The number of hydrogen-bond acceptors (Lipinski definition) is 2. The number of anilines is 2. The lowest BCUT2D eigenvalue weighted by atomic mass is 10.1. The maximum atomic E-state index is 12.8. The first-order chi connectivity index (χ1) is 12.5. The zero-order chi connectivity index (χ0) is 18.4. The second-order valence-electron chi connectivity index (χ2n) is 6.22. The number of nitrogens with one attached hydrogen (secondary N) is 1. The first-order valence-corrected chi connectivity index (χ1v) is 9.63. The second kappa shape index (κ2) is 6.52. The average Bonchev–Trinajstić information content (AvgIpc) is 2.86. The van der Waals surface area contributed by atoms with E-state index in [1.807, 2.05) is 49.4 Å². The quantitative estimate of drug-likeness (QED) is 0.563. The normalized spacial score (nSPS) is 12.7. The third kappa shape index (κ3) is 2.83. The van der Waals surface area contributed by atoms with Gasteiger partial charge in [-0.25, -0.2) is 0 Å². The summed E-state index contributed by atoms with van der Waals surface area (Å²) in [6.07, 6.45) is 0. The van der Waals surface area contributed by atoms with Crippen LogP contribution in [0.5, 0.6) is 0 Å². The third-order valence-corrected chi connectivity index (χ3v) is 5.65. The molecule has 1 N–H and O–H groups in total. The Hall–Kier alpha value is -2.18. The molecule has 3 aromatic rings. The molecule has 26 heavy (non-hydrogen) atoms. The lowest BCUT2D eigenvalue weighted by molar-refractivity contribution is -0.114. The molecule has 6 heteroatoms. The minimum atomic E-state index is -0.256. The molecule has 0 radical (unpaired) electrons. The Morgan fingerprint density at radius 2 is 1.73 bits per heavy atom. The number of amides is 2. The van der Waals surface area contributed by atoms with Crippen LogP contribution in [-0.4, -0.2) is 18.4 Å². The van der Waals surface area contributed by atoms with Crippen molar-refractivity contribution in [2.75, 3.05) is 16.8 Å². The van der Waals surface area contributed by atoms with E-state index in [-0.39, 0.29) is 18.4 Å². The van der Waals surface area contributed by atoms with Crippen LogP contribution in [0.25, 0.3) is 10.8 Å². The predicted octanol–water partition coefficient (Wildman–Crippen LogP) is 5.27. The van der Waals surface area contributed by atoms with Crippen molar-refractivity contribution in [1.29, 1.82) is 0 Å². The molecule has 130 valence electrons. The summed E-state index contributed by atoms with van der Waals surface area (Å²) in [6.45, 7) is 1.93. The molecule has 0 aromatic heterocycles. The SMILES string of the molecule is Cc1cc(Br)c(NC(=O)CN2C(=O)c3cccc4cccc2c34)c(Br)c1. The summed E-state index contributed by atoms with van der Waals surface area (Å²) < 4.78 is 1.58. The summed E-state index contributed by atoms with van der Waals surface area (Å²) in [4.78, 5) is 26.9. The number of rotatable bonds is 3. The van der Waals surface area contributed by atoms with Gasteiger partial charge in [-0.05, 0) is 74.0 Å². The fourth-order valence-electron chi connectivity index (χ4n) is 3.28. The molecular formula is C20H14Br2N2O2. The highest BCUT2D eigenvalue weighted by molar-refractivity contribution is 9.11. The van der Waals surface area contributed by atoms with Crippen LogP contribution < -0.4 is 10.2 Å². The predicted molar refractivity (Wildman–Crippen MR) is 111 cm³/mol. The van der Waals surface area contributed by atoms with Crippen LogP contribution in [0.4, 0.5) is 11.4 Å². The molecule has 0 bridgehead atoms. The van der Waals surface area contributed by atoms with Crippen LogP contribution in [0.2, 0.25) is 0 Å². The van der Waals surface area contributed by atoms with E-state index in [2.05, 4.69) is 37.2 Å². The fraction of sp³-hybridized carbons (Fsp3) is 0.100. The van der Waals surface area contributed by atoms with E-state index < -0.39 is 0 Å². The third-order valence-electron chi connectivity index (χ3n) is 4.40. The highest BCUT2D eigenvalue weighted by atomic mass is 79.9. The highest BCUT2D eigenvalue weighted by Gasteiger charge is 2.31. The summed E-state index contributed by atoms with van der Waals surface area (Å²) in [5.41, 5.74) is 3.14. The minimum Gasteiger partial charge on any atom is -0.323 e. The highest BCUT2D eigenvalue weighted by Crippen LogP contribution is 2.37. The molecule has 0 saturated heterocycles. The zero-order valence-corrected chi connectivity index (χ0v) is 17.0. The van der Waals surface area contributed by atoms with Crippen LogP contribution in [0.1, 0.15) is 15.9 Å². The van der Waals surface area contributed by atoms with Crippen molar-refractivity contribution in [2.24, 2.45) is 0 Å². The van der Waals surface area contributed by atoms with Crippen molar-refractivity contribution >= 4 is 65.8 Å². The molecule has 4 rings (SSSR count). The van der Waals surface area contributed by atoms with Crippen LogP contribution in [0.3, 0.4) is 0 Å². The average molecular weight is 474 g/mol. The van der Waals surface area contributed by atoms with Crippen molar-refractivity contribution in [3.8, 4) is 0 Å². The van der Waals surface area contributed by atoms with Crippen molar-refractivity contribution in [1.82, 2.24) is 0 Å². The summed E-state index contributed by atoms with van der Waals surface area (Å²) in [7, 11) is 0. The Kier molecular flexibility index (Phi) is 4.32. The van der Waals surface area contributed by atoms with Gasteiger partial charge in [0.15, 0.2) is 0 Å². The fourth-order valence-corrected chi connectivity index (χ4v) is 4.89. The Bertz CT molecular complexity index is 1050. The van der Waals surface area contributed by atoms with Gasteiger partial charge < -0.3 is 5.32 Å². The van der Waals surface area contributed by atoms with Gasteiger partial charge in [-0.1, -0.05) is 24.3 Å². The van der Waals surface area contributed by atoms with Crippen molar-refractivity contribution in [3.05, 3.63) is 68.6 Å². The van der Waals surface area contributed by atoms with Gasteiger partial charge in [0.1, 0.15) is 6.54 Å². The van der Waals surface area contributed by atoms with Gasteiger partial charge in [0, 0.05) is 19.9 Å². The van der Waals surface area contributed by atoms with E-state index in [1.165, 1.54) is 4.90 Å². The maximum absolute atomic E-state index is 12.8. The monoisotopic (exact) mass is 472 g/mol. The molecule has 1 aliphatic rings. The van der Waals surface area contributed by atoms with Gasteiger partial charge in [0.25, 0.3) is 5.91 Å². The summed E-state index contributed by atoms with van der Waals surface area (Å²) in [6, 6.07) is 15.2. The van der Waals surface area contributed by atoms with Gasteiger partial charge in [-0.15, -0.1) is 0 Å². The Morgan fingerprint density at radius 1 is 1.08 bits per heavy atom. The van der Waals surface area contributed by atoms with E-state index in [0.29, 0.717) is 11.3 Å². The molecule has 0 spiro atoms. The number of carbonyl (C=O) groups excluding carboxylic acids is 2. The van der Waals surface area contributed by atoms with Crippen molar-refractivity contribution in [3.63, 3.8) is 0 Å². The van der Waals surface area contributed by atoms with E-state index in [4.69, 9.17) is 0 Å². The Balaban J connectivity index is 1.62. The van der Waals surface area contributed by atoms with Gasteiger partial charge in [0.05, 0.1) is 11.4 Å².